The van der Waals surface area contributed by atoms with Crippen molar-refractivity contribution < 1.29 is 9.90 Å². The molecule has 0 atom stereocenters. The topological polar surface area (TPSA) is 37.3 Å². The van der Waals surface area contributed by atoms with Crippen LogP contribution >= 0.6 is 0 Å². The van der Waals surface area contributed by atoms with Crippen molar-refractivity contribution in [1.82, 2.24) is 0 Å². The fourth-order valence-electron chi connectivity index (χ4n) is 1.85. The van der Waals surface area contributed by atoms with Gasteiger partial charge in [0.25, 0.3) is 0 Å². The third-order valence-corrected chi connectivity index (χ3v) is 3.11. The molecular weight excluding hydrogens is 272 g/mol. The molecule has 2 heteroatoms. The first-order chi connectivity index (χ1) is 10.8. The first kappa shape index (κ1) is 20.4. The fourth-order valence-corrected chi connectivity index (χ4v) is 1.85. The SMILES string of the molecule is CCCCC/C=C\C[CH]/C=C/C=C\C/C=C\CCCC(=O)O. The molecule has 0 saturated heterocycles. The summed E-state index contributed by atoms with van der Waals surface area (Å²) in [4.78, 5) is 10.3. The number of carbonyl (C=O) groups is 1. The molecule has 123 valence electrons. The molecule has 0 heterocycles. The lowest BCUT2D eigenvalue weighted by atomic mass is 10.2. The molecule has 1 radical (unpaired) electrons. The number of hydrogen-bond donors (Lipinski definition) is 1. The Morgan fingerprint density at radius 3 is 2.27 bits per heavy atom. The van der Waals surface area contributed by atoms with Gasteiger partial charge < -0.3 is 5.11 Å². The second kappa shape index (κ2) is 17.5. The molecule has 0 aliphatic heterocycles. The van der Waals surface area contributed by atoms with Crippen LogP contribution in [0.4, 0.5) is 0 Å². The Kier molecular flexibility index (Phi) is 16.2. The van der Waals surface area contributed by atoms with Crippen LogP contribution in [0.5, 0.6) is 0 Å². The lowest BCUT2D eigenvalue weighted by Crippen LogP contribution is -1.92. The first-order valence-electron chi connectivity index (χ1n) is 8.44. The predicted octanol–water partition coefficient (Wildman–Crippen LogP) is 6.03. The summed E-state index contributed by atoms with van der Waals surface area (Å²) in [6, 6.07) is 0. The van der Waals surface area contributed by atoms with Crippen molar-refractivity contribution in [2.75, 3.05) is 0 Å². The van der Waals surface area contributed by atoms with Gasteiger partial charge in [0.2, 0.25) is 0 Å². The van der Waals surface area contributed by atoms with Gasteiger partial charge in [-0.15, -0.1) is 0 Å². The highest BCUT2D eigenvalue weighted by Crippen LogP contribution is 2.01. The molecule has 0 aromatic heterocycles. The molecule has 0 aromatic carbocycles. The first-order valence-corrected chi connectivity index (χ1v) is 8.44. The molecule has 0 rings (SSSR count). The summed E-state index contributed by atoms with van der Waals surface area (Å²) < 4.78 is 0. The molecule has 0 spiro atoms. The second-order valence-electron chi connectivity index (χ2n) is 5.24. The molecule has 0 unspecified atom stereocenters. The maximum atomic E-state index is 10.3. The molecular formula is C20H31O2. The summed E-state index contributed by atoms with van der Waals surface area (Å²) in [7, 11) is 0. The summed E-state index contributed by atoms with van der Waals surface area (Å²) in [5.41, 5.74) is 0. The third kappa shape index (κ3) is 18.4. The van der Waals surface area contributed by atoms with E-state index in [2.05, 4.69) is 43.7 Å². The van der Waals surface area contributed by atoms with E-state index >= 15 is 0 Å². The van der Waals surface area contributed by atoms with Crippen LogP contribution in [-0.2, 0) is 4.79 Å². The van der Waals surface area contributed by atoms with Gasteiger partial charge in [-0.05, 0) is 44.9 Å². The highest BCUT2D eigenvalue weighted by molar-refractivity contribution is 5.66. The van der Waals surface area contributed by atoms with Crippen LogP contribution in [0.2, 0.25) is 0 Å². The van der Waals surface area contributed by atoms with E-state index in [9.17, 15) is 4.79 Å². The van der Waals surface area contributed by atoms with E-state index in [0.717, 1.165) is 25.7 Å². The maximum absolute atomic E-state index is 10.3. The number of hydrogen-bond acceptors (Lipinski definition) is 1. The molecule has 0 amide bonds. The highest BCUT2D eigenvalue weighted by atomic mass is 16.4. The number of carboxylic acid groups (broad SMARTS) is 1. The van der Waals surface area contributed by atoms with Crippen LogP contribution in [0.25, 0.3) is 0 Å². The Hall–Kier alpha value is -1.57. The number of rotatable bonds is 14. The van der Waals surface area contributed by atoms with Gasteiger partial charge in [-0.3, -0.25) is 4.79 Å². The van der Waals surface area contributed by atoms with Crippen molar-refractivity contribution in [3.63, 3.8) is 0 Å². The van der Waals surface area contributed by atoms with Crippen LogP contribution in [0.3, 0.4) is 0 Å². The zero-order chi connectivity index (χ0) is 16.3. The maximum Gasteiger partial charge on any atom is 0.303 e. The lowest BCUT2D eigenvalue weighted by molar-refractivity contribution is -0.137. The van der Waals surface area contributed by atoms with Gasteiger partial charge in [0, 0.05) is 6.42 Å². The molecule has 22 heavy (non-hydrogen) atoms. The monoisotopic (exact) mass is 303 g/mol. The van der Waals surface area contributed by atoms with Crippen molar-refractivity contribution in [1.29, 1.82) is 0 Å². The molecule has 2 nitrogen and oxygen atoms in total. The molecule has 1 N–H and O–H groups in total. The Morgan fingerprint density at radius 2 is 1.55 bits per heavy atom. The number of carboxylic acids is 1. The smallest absolute Gasteiger partial charge is 0.303 e. The van der Waals surface area contributed by atoms with Crippen LogP contribution < -0.4 is 0 Å². The summed E-state index contributed by atoms with van der Waals surface area (Å²) in [6.45, 7) is 2.23. The van der Waals surface area contributed by atoms with Gasteiger partial charge in [0.05, 0.1) is 0 Å². The minimum Gasteiger partial charge on any atom is -0.481 e. The van der Waals surface area contributed by atoms with Gasteiger partial charge in [-0.25, -0.2) is 0 Å². The van der Waals surface area contributed by atoms with E-state index in [1.807, 2.05) is 18.2 Å². The van der Waals surface area contributed by atoms with Gasteiger partial charge in [-0.2, -0.15) is 0 Å². The molecule has 0 aliphatic carbocycles. The van der Waals surface area contributed by atoms with Crippen molar-refractivity contribution in [2.45, 2.75) is 64.7 Å². The number of allylic oxidation sites excluding steroid dienone is 8. The average molecular weight is 303 g/mol. The van der Waals surface area contributed by atoms with Crippen LogP contribution in [-0.4, -0.2) is 11.1 Å². The van der Waals surface area contributed by atoms with E-state index < -0.39 is 5.97 Å². The highest BCUT2D eigenvalue weighted by Gasteiger charge is 1.92. The largest absolute Gasteiger partial charge is 0.481 e. The van der Waals surface area contributed by atoms with E-state index in [-0.39, 0.29) is 6.42 Å². The van der Waals surface area contributed by atoms with E-state index in [1.165, 1.54) is 25.7 Å². The third-order valence-electron chi connectivity index (χ3n) is 3.11. The summed E-state index contributed by atoms with van der Waals surface area (Å²) in [5.74, 6) is -0.717. The molecule has 0 bridgehead atoms. The minimum absolute atomic E-state index is 0.256. The Bertz CT molecular complexity index is 362. The van der Waals surface area contributed by atoms with Crippen LogP contribution in [0.1, 0.15) is 64.7 Å². The van der Waals surface area contributed by atoms with Gasteiger partial charge in [0.15, 0.2) is 0 Å². The Morgan fingerprint density at radius 1 is 0.818 bits per heavy atom. The summed E-state index contributed by atoms with van der Waals surface area (Å²) in [5, 5.41) is 8.49. The number of unbranched alkanes of at least 4 members (excludes halogenated alkanes) is 5. The normalized spacial score (nSPS) is 12.4. The van der Waals surface area contributed by atoms with Crippen molar-refractivity contribution in [2.24, 2.45) is 0 Å². The molecule has 0 aromatic rings. The lowest BCUT2D eigenvalue weighted by Gasteiger charge is -1.91. The summed E-state index contributed by atoms with van der Waals surface area (Å²) in [6.07, 6.45) is 27.9. The van der Waals surface area contributed by atoms with Crippen molar-refractivity contribution in [3.8, 4) is 0 Å². The van der Waals surface area contributed by atoms with Crippen LogP contribution in [0, 0.1) is 6.42 Å². The second-order valence-corrected chi connectivity index (χ2v) is 5.24. The van der Waals surface area contributed by atoms with E-state index in [1.54, 1.807) is 0 Å². The standard InChI is InChI=1S/C20H31O2/c1-2-3-4-5-6-7-8-9-10-11-12-13-14-15-16-17-18-19-20(21)22/h6-7,9-13,15-16H,2-5,8,14,17-19H2,1H3,(H,21,22)/b7-6-,11-10+,13-12-,16-15-. The summed E-state index contributed by atoms with van der Waals surface area (Å²) >= 11 is 0. The van der Waals surface area contributed by atoms with E-state index in [0.29, 0.717) is 0 Å². The van der Waals surface area contributed by atoms with Crippen molar-refractivity contribution in [3.05, 3.63) is 55.0 Å². The average Bonchev–Trinajstić information content (AvgIpc) is 2.50. The molecule has 0 aliphatic rings. The quantitative estimate of drug-likeness (QED) is 0.241. The van der Waals surface area contributed by atoms with Gasteiger partial charge >= 0.3 is 5.97 Å². The zero-order valence-electron chi connectivity index (χ0n) is 13.9. The molecule has 0 saturated carbocycles. The van der Waals surface area contributed by atoms with Gasteiger partial charge in [-0.1, -0.05) is 68.4 Å². The van der Waals surface area contributed by atoms with Crippen LogP contribution in [0.15, 0.2) is 48.6 Å². The van der Waals surface area contributed by atoms with Crippen molar-refractivity contribution >= 4 is 5.97 Å². The molecule has 0 fully saturated rings. The van der Waals surface area contributed by atoms with E-state index in [4.69, 9.17) is 5.11 Å². The number of aliphatic carboxylic acids is 1. The zero-order valence-corrected chi connectivity index (χ0v) is 13.9. The predicted molar refractivity (Wildman–Crippen MR) is 95.7 cm³/mol. The minimum atomic E-state index is -0.717. The fraction of sp³-hybridized carbons (Fsp3) is 0.500. The Balaban J connectivity index is 3.41. The Labute approximate surface area is 136 Å². The van der Waals surface area contributed by atoms with Gasteiger partial charge in [0.1, 0.15) is 0 Å².